The molecule has 24 heteroatoms. The van der Waals surface area contributed by atoms with Gasteiger partial charge in [0.25, 0.3) is 0 Å². The molecule has 12 aromatic rings. The number of methoxy groups -OCH3 is 8. The van der Waals surface area contributed by atoms with Gasteiger partial charge in [0.05, 0.1) is 88.1 Å². The van der Waals surface area contributed by atoms with Gasteiger partial charge < -0.3 is 43.0 Å². The number of Topliss-reactive ketones (excluding diaryl/α,β-unsaturated/α-hetero) is 6. The quantitative estimate of drug-likeness (QED) is 0.0496. The van der Waals surface area contributed by atoms with Crippen LogP contribution >= 0.6 is 34.0 Å². The zero-order valence-electron chi connectivity index (χ0n) is 57.4. The van der Waals surface area contributed by atoms with E-state index in [1.54, 1.807) is 128 Å². The molecule has 1 N–H and O–H groups in total. The number of fused-ring (bicyclic) bond motifs is 3. The van der Waals surface area contributed by atoms with Crippen LogP contribution in [0, 0.1) is 29.3 Å². The fourth-order valence-corrected chi connectivity index (χ4v) is 14.2. The highest BCUT2D eigenvalue weighted by Crippen LogP contribution is 2.41. The molecule has 0 fully saturated rings. The smallest absolute Gasteiger partial charge is 0.188 e. The van der Waals surface area contributed by atoms with Crippen molar-refractivity contribution in [1.29, 1.82) is 0 Å². The topological polar surface area (TPSA) is 235 Å². The third-order valence-corrected chi connectivity index (χ3v) is 19.8. The van der Waals surface area contributed by atoms with Crippen LogP contribution in [0.2, 0.25) is 0 Å². The Kier molecular flexibility index (Phi) is 24.1. The van der Waals surface area contributed by atoms with Crippen LogP contribution in [0.1, 0.15) is 102 Å². The molecule has 0 saturated carbocycles. The highest BCUT2D eigenvalue weighted by Gasteiger charge is 2.28. The molecule has 0 aliphatic rings. The molecule has 0 radical (unpaired) electrons. The maximum Gasteiger partial charge on any atom is 0.188 e. The van der Waals surface area contributed by atoms with E-state index in [9.17, 15) is 47.0 Å². The molecule has 2 atom stereocenters. The summed E-state index contributed by atoms with van der Waals surface area (Å²) in [5.74, 6) is -0.892. The van der Waals surface area contributed by atoms with Gasteiger partial charge in [0.15, 0.2) is 69.2 Å². The largest absolute Gasteiger partial charge is 0.506 e. The van der Waals surface area contributed by atoms with E-state index < -0.39 is 17.6 Å². The van der Waals surface area contributed by atoms with Crippen LogP contribution in [-0.4, -0.2) is 112 Å². The Hall–Kier alpha value is -11.3. The van der Waals surface area contributed by atoms with Crippen molar-refractivity contribution in [3.05, 3.63) is 213 Å². The van der Waals surface area contributed by atoms with Crippen LogP contribution < -0.4 is 37.9 Å². The number of halogens is 3. The Morgan fingerprint density at radius 3 is 1.06 bits per heavy atom. The van der Waals surface area contributed by atoms with Crippen LogP contribution in [0.25, 0.3) is 64.0 Å². The molecule has 0 bridgehead atoms. The van der Waals surface area contributed by atoms with E-state index >= 15 is 0 Å². The van der Waals surface area contributed by atoms with Crippen LogP contribution in [0.5, 0.6) is 51.7 Å². The summed E-state index contributed by atoms with van der Waals surface area (Å²) in [4.78, 5) is 91.4. The summed E-state index contributed by atoms with van der Waals surface area (Å²) in [6.07, 6.45) is -0.142. The van der Waals surface area contributed by atoms with Gasteiger partial charge in [0.2, 0.25) is 0 Å². The second kappa shape index (κ2) is 33.4. The van der Waals surface area contributed by atoms with Gasteiger partial charge in [-0.25, -0.2) is 28.1 Å². The first-order valence-corrected chi connectivity index (χ1v) is 34.5. The van der Waals surface area contributed by atoms with Gasteiger partial charge in [-0.1, -0.05) is 50.2 Å². The lowest BCUT2D eigenvalue weighted by molar-refractivity contribution is 0.0857. The predicted molar refractivity (Wildman–Crippen MR) is 391 cm³/mol. The number of aromatic nitrogens is 3. The first-order valence-electron chi connectivity index (χ1n) is 31.8. The summed E-state index contributed by atoms with van der Waals surface area (Å²) in [5, 5.41) is 17.9. The van der Waals surface area contributed by atoms with Crippen LogP contribution in [0.3, 0.4) is 0 Å². The SMILES string of the molecule is COc1ccc(C(=O)CC(C)C(=O)c2nc(-c3csc4c(F)cccc34)ccc2O)cc1OC.COc1ccc(C(=O)CC(C)C(=O)c2nc(-c3csc4c(F)cccc34)ccc2OC)cc1OC.COc1ccc(C(=O)CCC(=O)c2nc(-c3csc4c(F)cccc34)ccc2OC)cc1OC. The maximum atomic E-state index is 14.2. The number of hydrogen-bond donors (Lipinski definition) is 1. The molecule has 2 unspecified atom stereocenters. The van der Waals surface area contributed by atoms with E-state index in [4.69, 9.17) is 37.9 Å². The van der Waals surface area contributed by atoms with Crippen LogP contribution in [0.15, 0.2) is 162 Å². The lowest BCUT2D eigenvalue weighted by atomic mass is 9.93. The standard InChI is InChI=1S/C27H24FNO5S.2C26H22FNO5S/c1-15(12-21(30)16-8-10-22(32-2)24(13-16)34-4)26(31)25-23(33-3)11-9-20(29-25)18-14-35-27-17(18)6-5-7-19(27)28;1-31-22-11-7-15(13-24(22)33-3)20(29)9-10-21(30)25-23(32-2)12-8-19(28-25)17-14-34-26-16(17)5-4-6-18(26)27;1-14(11-21(30)15-7-10-22(32-2)23(12-15)33-3)25(31)24-20(29)9-8-19(28-24)17-13-34-26-16(17)5-4-6-18(26)27/h5-11,13-15H,12H2,1-4H3;4-8,11-14H,9-10H2,1-3H3;4-10,12-14,29H,11H2,1-3H3. The molecular formula is C79H68F3N3O15S3. The molecule has 6 heterocycles. The molecule has 6 aromatic heterocycles. The highest BCUT2D eigenvalue weighted by molar-refractivity contribution is 7.18. The number of carbonyl (C=O) groups excluding carboxylic acids is 6. The van der Waals surface area contributed by atoms with Gasteiger partial charge >= 0.3 is 0 Å². The monoisotopic (exact) mass is 1450 g/mol. The molecular weight excluding hydrogens is 1380 g/mol. The molecule has 12 rings (SSSR count). The van der Waals surface area contributed by atoms with Crippen molar-refractivity contribution in [2.24, 2.45) is 11.8 Å². The second-order valence-electron chi connectivity index (χ2n) is 23.2. The second-order valence-corrected chi connectivity index (χ2v) is 25.8. The van der Waals surface area contributed by atoms with Gasteiger partial charge in [0, 0.05) is 103 Å². The van der Waals surface area contributed by atoms with Crippen LogP contribution in [0.4, 0.5) is 13.2 Å². The normalized spacial score (nSPS) is 11.5. The third kappa shape index (κ3) is 16.4. The van der Waals surface area contributed by atoms with Gasteiger partial charge in [-0.3, -0.25) is 28.8 Å². The number of carbonyl (C=O) groups is 6. The molecule has 0 aliphatic heterocycles. The Balaban J connectivity index is 0.000000166. The number of rotatable bonds is 26. The summed E-state index contributed by atoms with van der Waals surface area (Å²) in [6, 6.07) is 38.9. The van der Waals surface area contributed by atoms with E-state index in [0.29, 0.717) is 105 Å². The number of hydrogen-bond acceptors (Lipinski definition) is 21. The average molecular weight is 1450 g/mol. The molecule has 0 saturated heterocycles. The van der Waals surface area contributed by atoms with Gasteiger partial charge in [-0.2, -0.15) is 0 Å². The minimum absolute atomic E-state index is 0.00400. The van der Waals surface area contributed by atoms with Crippen molar-refractivity contribution in [2.75, 3.05) is 56.9 Å². The van der Waals surface area contributed by atoms with Crippen molar-refractivity contribution >= 4 is 99.0 Å². The number of aromatic hydroxyl groups is 1. The minimum Gasteiger partial charge on any atom is -0.506 e. The summed E-state index contributed by atoms with van der Waals surface area (Å²) < 4.78 is 86.0. The van der Waals surface area contributed by atoms with Crippen molar-refractivity contribution in [1.82, 2.24) is 15.0 Å². The molecule has 6 aromatic carbocycles. The van der Waals surface area contributed by atoms with Gasteiger partial charge in [-0.15, -0.1) is 34.0 Å². The summed E-state index contributed by atoms with van der Waals surface area (Å²) in [6.45, 7) is 3.30. The summed E-state index contributed by atoms with van der Waals surface area (Å²) in [7, 11) is 11.9. The van der Waals surface area contributed by atoms with Crippen molar-refractivity contribution in [3.8, 4) is 85.5 Å². The summed E-state index contributed by atoms with van der Waals surface area (Å²) in [5.41, 5.74) is 5.01. The van der Waals surface area contributed by atoms with Gasteiger partial charge in [-0.05, 0) is 109 Å². The predicted octanol–water partition coefficient (Wildman–Crippen LogP) is 18.1. The third-order valence-electron chi connectivity index (χ3n) is 16.8. The molecule has 18 nitrogen and oxygen atoms in total. The van der Waals surface area contributed by atoms with E-state index in [2.05, 4.69) is 15.0 Å². The number of ether oxygens (including phenoxy) is 8. The fraction of sp³-hybridized carbons (Fsp3) is 0.203. The Morgan fingerprint density at radius 1 is 0.369 bits per heavy atom. The number of benzene rings is 6. The molecule has 528 valence electrons. The van der Waals surface area contributed by atoms with E-state index in [-0.39, 0.29) is 94.9 Å². The zero-order valence-corrected chi connectivity index (χ0v) is 59.9. The fourth-order valence-electron chi connectivity index (χ4n) is 11.3. The minimum atomic E-state index is -0.731. The summed E-state index contributed by atoms with van der Waals surface area (Å²) >= 11 is 3.81. The lowest BCUT2D eigenvalue weighted by Crippen LogP contribution is -2.18. The lowest BCUT2D eigenvalue weighted by Gasteiger charge is -2.14. The van der Waals surface area contributed by atoms with E-state index in [0.717, 1.165) is 21.9 Å². The van der Waals surface area contributed by atoms with E-state index in [1.165, 1.54) is 115 Å². The molecule has 0 spiro atoms. The van der Waals surface area contributed by atoms with E-state index in [1.807, 2.05) is 22.9 Å². The number of pyridine rings is 3. The zero-order chi connectivity index (χ0) is 73.8. The number of thiophene rings is 3. The first-order chi connectivity index (χ1) is 49.7. The Bertz CT molecular complexity index is 5210. The van der Waals surface area contributed by atoms with Crippen molar-refractivity contribution in [2.45, 2.75) is 39.5 Å². The number of nitrogens with zero attached hydrogens (tertiary/aromatic N) is 3. The molecule has 0 amide bonds. The Labute approximate surface area is 602 Å². The molecule has 103 heavy (non-hydrogen) atoms. The van der Waals surface area contributed by atoms with Crippen LogP contribution in [-0.2, 0) is 0 Å². The highest BCUT2D eigenvalue weighted by atomic mass is 32.1. The van der Waals surface area contributed by atoms with Crippen molar-refractivity contribution in [3.63, 3.8) is 0 Å². The maximum absolute atomic E-state index is 14.2. The first kappa shape index (κ1) is 74.4. The van der Waals surface area contributed by atoms with Crippen molar-refractivity contribution < 1.29 is 84.9 Å². The molecule has 0 aliphatic carbocycles. The number of ketones is 6. The average Bonchev–Trinajstić information content (AvgIpc) is 1.65. The Morgan fingerprint density at radius 2 is 0.680 bits per heavy atom. The van der Waals surface area contributed by atoms with Gasteiger partial charge in [0.1, 0.15) is 51.8 Å².